The Hall–Kier alpha value is -6.65. The van der Waals surface area contributed by atoms with Gasteiger partial charge in [0.05, 0.1) is 40.3 Å². The van der Waals surface area contributed by atoms with E-state index in [-0.39, 0.29) is 38.6 Å². The highest BCUT2D eigenvalue weighted by molar-refractivity contribution is 5.70. The van der Waals surface area contributed by atoms with Crippen LogP contribution >= 0.6 is 0 Å². The standard InChI is InChI=1S/C86H131NO8/c1-6-8-10-12-14-16-18-20-22-24-26-28-30-32-34-36-38-40-41-42-43-45-46-48-50-52-54-56-58-60-62-64-66-68-70-72-74-76-83(88)93-80-82(81-94-86(85(90)91)92-79-78-87(3,4)5)95-84(89)77-75-73-71-69-67-65-63-61-59-57-55-53-51-49-47-44-39-37-35-33-31-29-27-25-23-21-19-17-15-13-11-9-7-2/h8-11,14-17,20-23,26-29,32-35,38-40,42-44,46,48-49,51-52,54-55,57,61,63,67,69,82,86H,6-7,12-13,18-19,24-25,30-31,36-37,41,45,47,50,53,56,58-60,62,64-66,68,70-81H2,1-5H3/b10-8-,11-9-,16-14-,17-15-,22-20-,23-21-,28-26-,29-27-,34-32-,35-33-,40-38-,43-42-,44-39-,48-46-,51-49-,54-52-,57-55-,63-61-,69-67-. The van der Waals surface area contributed by atoms with Gasteiger partial charge in [0.2, 0.25) is 0 Å². The molecule has 0 aromatic heterocycles. The number of hydrogen-bond acceptors (Lipinski definition) is 8. The fourth-order valence-corrected chi connectivity index (χ4v) is 8.91. The maximum Gasteiger partial charge on any atom is 0.306 e. The number of carbonyl (C=O) groups is 3. The smallest absolute Gasteiger partial charge is 0.306 e. The lowest BCUT2D eigenvalue weighted by atomic mass is 10.1. The number of nitrogens with zero attached hydrogens (tertiary/aromatic N) is 1. The van der Waals surface area contributed by atoms with Gasteiger partial charge in [-0.3, -0.25) is 9.59 Å². The van der Waals surface area contributed by atoms with E-state index >= 15 is 0 Å². The Morgan fingerprint density at radius 3 is 0.863 bits per heavy atom. The Balaban J connectivity index is 4.29. The Morgan fingerprint density at radius 2 is 0.568 bits per heavy atom. The van der Waals surface area contributed by atoms with Crippen LogP contribution in [0.5, 0.6) is 0 Å². The summed E-state index contributed by atoms with van der Waals surface area (Å²) in [6.45, 7) is 4.43. The van der Waals surface area contributed by atoms with Crippen molar-refractivity contribution < 1.29 is 42.9 Å². The van der Waals surface area contributed by atoms with Crippen molar-refractivity contribution in [3.63, 3.8) is 0 Å². The minimum Gasteiger partial charge on any atom is -0.545 e. The van der Waals surface area contributed by atoms with Gasteiger partial charge in [0.1, 0.15) is 13.2 Å². The van der Waals surface area contributed by atoms with Crippen molar-refractivity contribution in [3.05, 3.63) is 231 Å². The monoisotopic (exact) mass is 1310 g/mol. The molecule has 0 radical (unpaired) electrons. The molecule has 0 fully saturated rings. The first-order valence-electron chi connectivity index (χ1n) is 36.5. The summed E-state index contributed by atoms with van der Waals surface area (Å²) in [7, 11) is 5.89. The normalized spacial score (nSPS) is 14.1. The zero-order valence-corrected chi connectivity index (χ0v) is 60.2. The zero-order chi connectivity index (χ0) is 69.0. The number of rotatable bonds is 64. The van der Waals surface area contributed by atoms with Crippen LogP contribution in [0.2, 0.25) is 0 Å². The zero-order valence-electron chi connectivity index (χ0n) is 60.2. The number of carboxylic acids is 1. The maximum atomic E-state index is 12.9. The fourth-order valence-electron chi connectivity index (χ4n) is 8.91. The molecule has 0 aliphatic carbocycles. The average Bonchev–Trinajstić information content (AvgIpc) is 3.75. The molecule has 0 bridgehead atoms. The van der Waals surface area contributed by atoms with Gasteiger partial charge < -0.3 is 33.3 Å². The van der Waals surface area contributed by atoms with Crippen LogP contribution in [0, 0.1) is 0 Å². The van der Waals surface area contributed by atoms with Crippen LogP contribution in [0.4, 0.5) is 0 Å². The third-order valence-electron chi connectivity index (χ3n) is 14.4. The van der Waals surface area contributed by atoms with Crippen LogP contribution in [-0.4, -0.2) is 82.3 Å². The van der Waals surface area contributed by atoms with Crippen molar-refractivity contribution >= 4 is 17.9 Å². The molecule has 95 heavy (non-hydrogen) atoms. The van der Waals surface area contributed by atoms with Gasteiger partial charge in [0, 0.05) is 12.8 Å². The van der Waals surface area contributed by atoms with Gasteiger partial charge in [-0.2, -0.15) is 0 Å². The van der Waals surface area contributed by atoms with Crippen molar-refractivity contribution in [1.29, 1.82) is 0 Å². The predicted octanol–water partition coefficient (Wildman–Crippen LogP) is 22.1. The van der Waals surface area contributed by atoms with E-state index in [1.54, 1.807) is 0 Å². The number of hydrogen-bond donors (Lipinski definition) is 0. The summed E-state index contributed by atoms with van der Waals surface area (Å²) in [6.07, 6.45) is 114. The SMILES string of the molecule is CC/C=C\C/C=C\C/C=C\C/C=C\C/C=C\C/C=C\C/C=C\C/C=C\C/C=C\C/C=C\CCCCC(=O)OC(COC(=O)CCCCCCCCCCC/C=C\C/C=C\C/C=C\C/C=C\C/C=C\C/C=C\C/C=C\C/C=C\C/C=C\CC)COC(OCC[N+](C)(C)C)C(=O)[O-]. The lowest BCUT2D eigenvalue weighted by Gasteiger charge is -2.26. The first-order valence-corrected chi connectivity index (χ1v) is 36.5. The van der Waals surface area contributed by atoms with Gasteiger partial charge in [0.25, 0.3) is 0 Å². The third-order valence-corrected chi connectivity index (χ3v) is 14.4. The maximum absolute atomic E-state index is 12.9. The topological polar surface area (TPSA) is 111 Å². The summed E-state index contributed by atoms with van der Waals surface area (Å²) < 4.78 is 22.7. The molecule has 0 rings (SSSR count). The summed E-state index contributed by atoms with van der Waals surface area (Å²) >= 11 is 0. The molecule has 0 spiro atoms. The Labute approximate surface area is 580 Å². The number of likely N-dealkylation sites (N-methyl/N-ethyl adjacent to an activating group) is 1. The average molecular weight is 1310 g/mol. The van der Waals surface area contributed by atoms with Crippen LogP contribution in [0.3, 0.4) is 0 Å². The summed E-state index contributed by atoms with van der Waals surface area (Å²) in [4.78, 5) is 37.5. The summed E-state index contributed by atoms with van der Waals surface area (Å²) in [5, 5.41) is 11.8. The molecule has 528 valence electrons. The highest BCUT2D eigenvalue weighted by atomic mass is 16.7. The quantitative estimate of drug-likeness (QED) is 0.0195. The van der Waals surface area contributed by atoms with E-state index in [0.29, 0.717) is 23.9 Å². The van der Waals surface area contributed by atoms with E-state index in [2.05, 4.69) is 245 Å². The Bertz CT molecular complexity index is 2420. The number of quaternary nitrogens is 1. The van der Waals surface area contributed by atoms with Crippen molar-refractivity contribution in [2.75, 3.05) is 47.5 Å². The van der Waals surface area contributed by atoms with Gasteiger partial charge in [-0.1, -0.05) is 290 Å². The number of esters is 2. The molecule has 0 aliphatic rings. The molecule has 0 aliphatic heterocycles. The van der Waals surface area contributed by atoms with E-state index in [1.165, 1.54) is 32.1 Å². The molecular formula is C86H131NO8. The molecule has 9 heteroatoms. The van der Waals surface area contributed by atoms with Gasteiger partial charge in [-0.25, -0.2) is 0 Å². The molecule has 0 saturated carbocycles. The summed E-state index contributed by atoms with van der Waals surface area (Å²) in [5.74, 6) is -2.38. The lowest BCUT2D eigenvalue weighted by Crippen LogP contribution is -2.44. The van der Waals surface area contributed by atoms with Crippen LogP contribution in [0.25, 0.3) is 0 Å². The molecule has 0 N–H and O–H groups in total. The van der Waals surface area contributed by atoms with E-state index in [1.807, 2.05) is 21.1 Å². The lowest BCUT2D eigenvalue weighted by molar-refractivity contribution is -0.870. The van der Waals surface area contributed by atoms with Crippen LogP contribution in [0.15, 0.2) is 231 Å². The second kappa shape index (κ2) is 73.2. The van der Waals surface area contributed by atoms with E-state index < -0.39 is 24.3 Å². The van der Waals surface area contributed by atoms with Crippen molar-refractivity contribution in [1.82, 2.24) is 0 Å². The first kappa shape index (κ1) is 88.4. The largest absolute Gasteiger partial charge is 0.545 e. The molecule has 0 amide bonds. The van der Waals surface area contributed by atoms with E-state index in [9.17, 15) is 19.5 Å². The van der Waals surface area contributed by atoms with Crippen molar-refractivity contribution in [2.45, 2.75) is 245 Å². The minimum absolute atomic E-state index is 0.125. The minimum atomic E-state index is -1.65. The van der Waals surface area contributed by atoms with Crippen molar-refractivity contribution in [2.24, 2.45) is 0 Å². The Morgan fingerprint density at radius 1 is 0.316 bits per heavy atom. The second-order valence-electron chi connectivity index (χ2n) is 24.4. The summed E-state index contributed by atoms with van der Waals surface area (Å²) in [5.41, 5.74) is 0. The second-order valence-corrected chi connectivity index (χ2v) is 24.4. The number of carboxylic acid groups (broad SMARTS) is 1. The van der Waals surface area contributed by atoms with Gasteiger partial charge in [-0.05, 0) is 161 Å². The molecule has 0 aromatic carbocycles. The van der Waals surface area contributed by atoms with E-state index in [0.717, 1.165) is 161 Å². The van der Waals surface area contributed by atoms with Gasteiger partial charge in [-0.15, -0.1) is 0 Å². The number of unbranched alkanes of at least 4 members (excludes halogenated alkanes) is 11. The molecule has 0 heterocycles. The van der Waals surface area contributed by atoms with E-state index in [4.69, 9.17) is 18.9 Å². The van der Waals surface area contributed by atoms with Gasteiger partial charge in [0.15, 0.2) is 12.4 Å². The van der Waals surface area contributed by atoms with Crippen LogP contribution in [-0.2, 0) is 33.3 Å². The van der Waals surface area contributed by atoms with Crippen LogP contribution in [0.1, 0.15) is 232 Å². The van der Waals surface area contributed by atoms with Gasteiger partial charge >= 0.3 is 11.9 Å². The molecular weight excluding hydrogens is 1170 g/mol. The Kier molecular flexibility index (Phi) is 68.0. The fraction of sp³-hybridized carbons (Fsp3) is 0.523. The number of aliphatic carboxylic acids is 1. The number of carbonyl (C=O) groups excluding carboxylic acids is 3. The highest BCUT2D eigenvalue weighted by Gasteiger charge is 2.22. The molecule has 9 nitrogen and oxygen atoms in total. The highest BCUT2D eigenvalue weighted by Crippen LogP contribution is 2.14. The summed E-state index contributed by atoms with van der Waals surface area (Å²) in [6, 6.07) is 0. The molecule has 0 aromatic rings. The van der Waals surface area contributed by atoms with Crippen molar-refractivity contribution in [3.8, 4) is 0 Å². The first-order chi connectivity index (χ1) is 46.6. The molecule has 0 saturated heterocycles. The number of allylic oxidation sites excluding steroid dienone is 38. The molecule has 2 atom stereocenters. The van der Waals surface area contributed by atoms with Crippen LogP contribution < -0.4 is 5.11 Å². The number of ether oxygens (including phenoxy) is 4. The predicted molar refractivity (Wildman–Crippen MR) is 406 cm³/mol. The third kappa shape index (κ3) is 74.6. The molecule has 2 unspecified atom stereocenters.